The number of carbonyl (C=O) groups excluding carboxylic acids is 1. The van der Waals surface area contributed by atoms with E-state index in [1.165, 1.54) is 0 Å². The molecule has 0 heterocycles. The number of amides is 1. The molecule has 0 aromatic heterocycles. The van der Waals surface area contributed by atoms with Crippen molar-refractivity contribution in [1.82, 2.24) is 4.90 Å². The topological polar surface area (TPSA) is 55.6 Å². The normalized spacial score (nSPS) is 11.4. The van der Waals surface area contributed by atoms with Crippen molar-refractivity contribution in [1.29, 1.82) is 0 Å². The summed E-state index contributed by atoms with van der Waals surface area (Å²) in [5, 5.41) is 1.32. The zero-order chi connectivity index (χ0) is 19.6. The maximum atomic E-state index is 12.7. The second-order valence-electron chi connectivity index (χ2n) is 6.59. The predicted molar refractivity (Wildman–Crippen MR) is 118 cm³/mol. The molecule has 0 bridgehead atoms. The van der Waals surface area contributed by atoms with Crippen LogP contribution >= 0.6 is 35.6 Å². The van der Waals surface area contributed by atoms with Gasteiger partial charge in [0.15, 0.2) is 0 Å². The summed E-state index contributed by atoms with van der Waals surface area (Å²) < 4.78 is 5.46. The zero-order valence-electron chi connectivity index (χ0n) is 15.9. The van der Waals surface area contributed by atoms with E-state index in [1.54, 1.807) is 4.90 Å². The molecule has 154 valence electrons. The van der Waals surface area contributed by atoms with Crippen molar-refractivity contribution in [3.05, 3.63) is 69.7 Å². The standard InChI is InChI=1S/C21H26Cl2N2O2.ClH/c1-2-3-4-20(24)15-27-21(26)25(13-16-5-9-18(22)10-6-16)14-17-7-11-19(23)12-8-17;/h5-12,20H,2-4,13-15,24H2,1H3;1H/t20-;/m0./s1. The third-order valence-corrected chi connectivity index (χ3v) is 4.68. The third kappa shape index (κ3) is 8.70. The molecule has 0 unspecified atom stereocenters. The lowest BCUT2D eigenvalue weighted by atomic mass is 10.1. The van der Waals surface area contributed by atoms with Gasteiger partial charge in [-0.25, -0.2) is 4.79 Å². The van der Waals surface area contributed by atoms with Crippen molar-refractivity contribution in [2.75, 3.05) is 6.61 Å². The van der Waals surface area contributed by atoms with E-state index >= 15 is 0 Å². The van der Waals surface area contributed by atoms with E-state index in [4.69, 9.17) is 33.7 Å². The van der Waals surface area contributed by atoms with Gasteiger partial charge in [-0.3, -0.25) is 4.90 Å². The average Bonchev–Trinajstić information content (AvgIpc) is 2.67. The summed E-state index contributed by atoms with van der Waals surface area (Å²) in [5.74, 6) is 0. The SMILES string of the molecule is CCCC[C@H](N)COC(=O)N(Cc1ccc(Cl)cc1)Cc1ccc(Cl)cc1.Cl. The Morgan fingerprint density at radius 2 is 1.46 bits per heavy atom. The van der Waals surface area contributed by atoms with Crippen molar-refractivity contribution >= 4 is 41.7 Å². The van der Waals surface area contributed by atoms with E-state index in [-0.39, 0.29) is 31.1 Å². The van der Waals surface area contributed by atoms with E-state index in [9.17, 15) is 4.79 Å². The molecule has 0 saturated heterocycles. The Labute approximate surface area is 183 Å². The minimum atomic E-state index is -0.383. The largest absolute Gasteiger partial charge is 0.448 e. The van der Waals surface area contributed by atoms with Gasteiger partial charge in [-0.15, -0.1) is 12.4 Å². The number of carbonyl (C=O) groups is 1. The van der Waals surface area contributed by atoms with E-state index in [2.05, 4.69) is 6.92 Å². The Kier molecular flexibility index (Phi) is 11.3. The van der Waals surface area contributed by atoms with Crippen LogP contribution in [0.2, 0.25) is 10.0 Å². The molecule has 28 heavy (non-hydrogen) atoms. The minimum Gasteiger partial charge on any atom is -0.448 e. The minimum absolute atomic E-state index is 0. The Morgan fingerprint density at radius 3 is 1.89 bits per heavy atom. The summed E-state index contributed by atoms with van der Waals surface area (Å²) in [5.41, 5.74) is 7.97. The molecule has 1 amide bonds. The van der Waals surface area contributed by atoms with Gasteiger partial charge in [0.05, 0.1) is 0 Å². The van der Waals surface area contributed by atoms with Crippen molar-refractivity contribution in [3.8, 4) is 0 Å². The maximum absolute atomic E-state index is 12.7. The van der Waals surface area contributed by atoms with Crippen LogP contribution in [-0.4, -0.2) is 23.6 Å². The lowest BCUT2D eigenvalue weighted by Crippen LogP contribution is -2.35. The van der Waals surface area contributed by atoms with Gasteiger partial charge in [0.25, 0.3) is 0 Å². The van der Waals surface area contributed by atoms with Crippen LogP contribution in [0, 0.1) is 0 Å². The highest BCUT2D eigenvalue weighted by Crippen LogP contribution is 2.16. The predicted octanol–water partition coefficient (Wildman–Crippen LogP) is 6.07. The second-order valence-corrected chi connectivity index (χ2v) is 7.46. The molecule has 0 spiro atoms. The molecule has 4 nitrogen and oxygen atoms in total. The number of ether oxygens (including phenoxy) is 1. The molecule has 7 heteroatoms. The van der Waals surface area contributed by atoms with Crippen LogP contribution in [0.15, 0.2) is 48.5 Å². The highest BCUT2D eigenvalue weighted by Gasteiger charge is 2.17. The number of nitrogens with zero attached hydrogens (tertiary/aromatic N) is 1. The number of rotatable bonds is 9. The highest BCUT2D eigenvalue weighted by molar-refractivity contribution is 6.30. The number of hydrogen-bond donors (Lipinski definition) is 1. The monoisotopic (exact) mass is 444 g/mol. The van der Waals surface area contributed by atoms with Crippen molar-refractivity contribution in [3.63, 3.8) is 0 Å². The molecular formula is C21H27Cl3N2O2. The molecule has 2 aromatic carbocycles. The first kappa shape index (κ1) is 24.6. The second kappa shape index (κ2) is 12.9. The number of halogens is 3. The van der Waals surface area contributed by atoms with Crippen LogP contribution in [0.4, 0.5) is 4.79 Å². The molecule has 0 aliphatic carbocycles. The summed E-state index contributed by atoms with van der Waals surface area (Å²) in [6.45, 7) is 3.17. The average molecular weight is 446 g/mol. The number of hydrogen-bond acceptors (Lipinski definition) is 3. The molecule has 0 aliphatic rings. The molecule has 1 atom stereocenters. The summed E-state index contributed by atoms with van der Waals surface area (Å²) in [7, 11) is 0. The lowest BCUT2D eigenvalue weighted by molar-refractivity contribution is 0.0907. The summed E-state index contributed by atoms with van der Waals surface area (Å²) in [6, 6.07) is 14.7. The molecule has 2 rings (SSSR count). The smallest absolute Gasteiger partial charge is 0.410 e. The first-order valence-electron chi connectivity index (χ1n) is 9.14. The van der Waals surface area contributed by atoms with E-state index in [0.717, 1.165) is 30.4 Å². The van der Waals surface area contributed by atoms with Crippen LogP contribution < -0.4 is 5.73 Å². The fourth-order valence-electron chi connectivity index (χ4n) is 2.62. The van der Waals surface area contributed by atoms with Crippen molar-refractivity contribution in [2.24, 2.45) is 5.73 Å². The van der Waals surface area contributed by atoms with Gasteiger partial charge >= 0.3 is 6.09 Å². The van der Waals surface area contributed by atoms with Crippen LogP contribution in [0.25, 0.3) is 0 Å². The first-order valence-corrected chi connectivity index (χ1v) is 9.89. The van der Waals surface area contributed by atoms with Gasteiger partial charge in [0, 0.05) is 29.2 Å². The quantitative estimate of drug-likeness (QED) is 0.509. The molecule has 2 N–H and O–H groups in total. The van der Waals surface area contributed by atoms with Gasteiger partial charge < -0.3 is 10.5 Å². The van der Waals surface area contributed by atoms with Crippen LogP contribution in [-0.2, 0) is 17.8 Å². The Bertz CT molecular complexity index is 661. The Morgan fingerprint density at radius 1 is 1.00 bits per heavy atom. The van der Waals surface area contributed by atoms with Gasteiger partial charge in [0.1, 0.15) is 6.61 Å². The Hall–Kier alpha value is -1.46. The summed E-state index contributed by atoms with van der Waals surface area (Å²) >= 11 is 11.9. The first-order chi connectivity index (χ1) is 13.0. The fourth-order valence-corrected chi connectivity index (χ4v) is 2.88. The van der Waals surface area contributed by atoms with Gasteiger partial charge in [0.2, 0.25) is 0 Å². The number of nitrogens with two attached hydrogens (primary N) is 1. The van der Waals surface area contributed by atoms with E-state index in [1.807, 2.05) is 48.5 Å². The third-order valence-electron chi connectivity index (χ3n) is 4.18. The van der Waals surface area contributed by atoms with Gasteiger partial charge in [-0.05, 0) is 41.8 Å². The zero-order valence-corrected chi connectivity index (χ0v) is 18.3. The van der Waals surface area contributed by atoms with Crippen LogP contribution in [0.5, 0.6) is 0 Å². The molecule has 0 aliphatic heterocycles. The lowest BCUT2D eigenvalue weighted by Gasteiger charge is -2.23. The van der Waals surface area contributed by atoms with Crippen molar-refractivity contribution < 1.29 is 9.53 Å². The molecular weight excluding hydrogens is 419 g/mol. The summed E-state index contributed by atoms with van der Waals surface area (Å²) in [6.07, 6.45) is 2.56. The van der Waals surface area contributed by atoms with Crippen molar-refractivity contribution in [2.45, 2.75) is 45.3 Å². The number of benzene rings is 2. The molecule has 2 aromatic rings. The molecule has 0 radical (unpaired) electrons. The Balaban J connectivity index is 0.00000392. The molecule has 0 saturated carbocycles. The molecule has 0 fully saturated rings. The summed E-state index contributed by atoms with van der Waals surface area (Å²) in [4.78, 5) is 14.3. The number of unbranched alkanes of at least 4 members (excludes halogenated alkanes) is 1. The van der Waals surface area contributed by atoms with Gasteiger partial charge in [-0.2, -0.15) is 0 Å². The van der Waals surface area contributed by atoms with E-state index in [0.29, 0.717) is 23.1 Å². The van der Waals surface area contributed by atoms with Crippen LogP contribution in [0.3, 0.4) is 0 Å². The van der Waals surface area contributed by atoms with E-state index < -0.39 is 0 Å². The van der Waals surface area contributed by atoms with Gasteiger partial charge in [-0.1, -0.05) is 67.2 Å². The fraction of sp³-hybridized carbons (Fsp3) is 0.381. The maximum Gasteiger partial charge on any atom is 0.410 e. The highest BCUT2D eigenvalue weighted by atomic mass is 35.5. The van der Waals surface area contributed by atoms with Crippen LogP contribution in [0.1, 0.15) is 37.3 Å².